The Morgan fingerprint density at radius 2 is 1.56 bits per heavy atom. The van der Waals surface area contributed by atoms with Gasteiger partial charge in [-0.05, 0) is 106 Å². The number of likely N-dealkylation sites (tertiary alicyclic amines) is 1. The van der Waals surface area contributed by atoms with E-state index in [1.807, 2.05) is 45.0 Å². The number of nitrogens with one attached hydrogen (secondary N) is 1. The van der Waals surface area contributed by atoms with Gasteiger partial charge in [0.05, 0.1) is 11.0 Å². The minimum Gasteiger partial charge on any atom is -0.342 e. The highest BCUT2D eigenvalue weighted by Gasteiger charge is 2.44. The van der Waals surface area contributed by atoms with Gasteiger partial charge in [-0.25, -0.2) is 4.98 Å². The summed E-state index contributed by atoms with van der Waals surface area (Å²) >= 11 is 6.17. The molecule has 1 amide bonds. The van der Waals surface area contributed by atoms with E-state index in [0.29, 0.717) is 29.1 Å². The van der Waals surface area contributed by atoms with Crippen molar-refractivity contribution >= 4 is 40.2 Å². The van der Waals surface area contributed by atoms with Crippen LogP contribution in [0.15, 0.2) is 83.9 Å². The van der Waals surface area contributed by atoms with Gasteiger partial charge in [0.25, 0.3) is 5.91 Å². The lowest BCUT2D eigenvalue weighted by molar-refractivity contribution is -0.124. The Kier molecular flexibility index (Phi) is 9.12. The van der Waals surface area contributed by atoms with Crippen LogP contribution >= 0.6 is 11.6 Å². The highest BCUT2D eigenvalue weighted by Crippen LogP contribution is 2.45. The van der Waals surface area contributed by atoms with Crippen LogP contribution in [0, 0.1) is 12.3 Å². The summed E-state index contributed by atoms with van der Waals surface area (Å²) in [6.45, 7) is 10.7. The monoisotopic (exact) mass is 664 g/mol. The fourth-order valence-electron chi connectivity index (χ4n) is 8.52. The maximum atomic E-state index is 13.2. The van der Waals surface area contributed by atoms with Crippen LogP contribution in [0.4, 0.5) is 5.69 Å². The Hall–Kier alpha value is -3.68. The topological polar surface area (TPSA) is 65.8 Å². The van der Waals surface area contributed by atoms with Gasteiger partial charge in [-0.15, -0.1) is 0 Å². The van der Waals surface area contributed by atoms with Crippen molar-refractivity contribution in [3.05, 3.63) is 95.3 Å². The number of para-hydroxylation sites is 2. The molecular weight excluding hydrogens is 616 g/mol. The lowest BCUT2D eigenvalue weighted by Crippen LogP contribution is -2.50. The number of carbonyl (C=O) groups excluding carboxylic acids is 1. The number of amides is 1. The maximum Gasteiger partial charge on any atom is 0.254 e. The van der Waals surface area contributed by atoms with Gasteiger partial charge in [0.2, 0.25) is 5.96 Å². The zero-order chi connectivity index (χ0) is 33.5. The summed E-state index contributed by atoms with van der Waals surface area (Å²) in [5.41, 5.74) is 4.21. The Bertz CT molecular complexity index is 1750. The number of rotatable bonds is 6. The molecular formula is C40H49ClN6O. The molecule has 3 saturated heterocycles. The molecule has 0 aliphatic carbocycles. The van der Waals surface area contributed by atoms with Gasteiger partial charge in [-0.3, -0.25) is 9.69 Å². The average Bonchev–Trinajstić information content (AvgIpc) is 3.54. The summed E-state index contributed by atoms with van der Waals surface area (Å²) in [5.74, 6) is 1.64. The maximum absolute atomic E-state index is 13.2. The zero-order valence-electron chi connectivity index (χ0n) is 28.8. The van der Waals surface area contributed by atoms with Crippen LogP contribution in [0.2, 0.25) is 5.02 Å². The standard InChI is InChI=1S/C40H49ClN6O/c1-28-42-35-12-8-9-13-36(35)47(28)34-26-32-18-19-33(27-34)46(32)25-22-40(29-10-6-5-7-11-29)20-23-45(24-21-40)38(44-37(48)39(2,3)4)43-31-16-14-30(41)15-17-31/h5-17,32-34H,18-27H2,1-4H3,(H,43,44,48). The smallest absolute Gasteiger partial charge is 0.254 e. The molecule has 3 fully saturated rings. The van der Waals surface area contributed by atoms with Crippen molar-refractivity contribution < 1.29 is 4.79 Å². The summed E-state index contributed by atoms with van der Waals surface area (Å²) in [6, 6.07) is 29.1. The van der Waals surface area contributed by atoms with Gasteiger partial charge in [0, 0.05) is 47.3 Å². The second kappa shape index (κ2) is 13.3. The molecule has 0 spiro atoms. The molecule has 0 saturated carbocycles. The highest BCUT2D eigenvalue weighted by atomic mass is 35.5. The van der Waals surface area contributed by atoms with Crippen molar-refractivity contribution in [3.63, 3.8) is 0 Å². The molecule has 252 valence electrons. The number of carbonyl (C=O) groups is 1. The summed E-state index contributed by atoms with van der Waals surface area (Å²) < 4.78 is 2.53. The van der Waals surface area contributed by atoms with Crippen molar-refractivity contribution in [1.29, 1.82) is 0 Å². The molecule has 1 aromatic heterocycles. The van der Waals surface area contributed by atoms with E-state index in [2.05, 4.69) is 86.2 Å². The molecule has 2 atom stereocenters. The second-order valence-electron chi connectivity index (χ2n) is 15.3. The number of benzene rings is 3. The van der Waals surface area contributed by atoms with Crippen LogP contribution in [0.1, 0.15) is 83.1 Å². The Balaban J connectivity index is 1.08. The van der Waals surface area contributed by atoms with Crippen LogP contribution in [0.25, 0.3) is 11.0 Å². The molecule has 3 aliphatic heterocycles. The molecule has 7 rings (SSSR count). The van der Waals surface area contributed by atoms with Crippen LogP contribution < -0.4 is 5.32 Å². The predicted octanol–water partition coefficient (Wildman–Crippen LogP) is 8.63. The summed E-state index contributed by atoms with van der Waals surface area (Å²) in [6.07, 6.45) is 8.12. The third-order valence-electron chi connectivity index (χ3n) is 11.2. The van der Waals surface area contributed by atoms with Gasteiger partial charge < -0.3 is 14.8 Å². The van der Waals surface area contributed by atoms with E-state index in [-0.39, 0.29) is 11.3 Å². The number of aryl methyl sites for hydroxylation is 1. The Labute approximate surface area is 290 Å². The number of hydrogen-bond acceptors (Lipinski definition) is 3. The quantitative estimate of drug-likeness (QED) is 0.165. The summed E-state index contributed by atoms with van der Waals surface area (Å²) in [5, 5.41) is 4.14. The molecule has 3 aromatic carbocycles. The van der Waals surface area contributed by atoms with Gasteiger partial charge in [-0.1, -0.05) is 74.8 Å². The molecule has 4 heterocycles. The number of nitrogens with zero attached hydrogens (tertiary/aromatic N) is 5. The lowest BCUT2D eigenvalue weighted by atomic mass is 9.70. The lowest BCUT2D eigenvalue weighted by Gasteiger charge is -2.46. The largest absolute Gasteiger partial charge is 0.342 e. The van der Waals surface area contributed by atoms with Crippen LogP contribution in [-0.2, 0) is 10.2 Å². The first-order chi connectivity index (χ1) is 23.1. The minimum absolute atomic E-state index is 0.0740. The number of piperidine rings is 2. The van der Waals surface area contributed by atoms with E-state index in [1.54, 1.807) is 0 Å². The van der Waals surface area contributed by atoms with Gasteiger partial charge in [-0.2, -0.15) is 4.99 Å². The summed E-state index contributed by atoms with van der Waals surface area (Å²) in [7, 11) is 0. The Morgan fingerprint density at radius 1 is 0.917 bits per heavy atom. The molecule has 7 nitrogen and oxygen atoms in total. The first-order valence-corrected chi connectivity index (χ1v) is 18.1. The number of imidazole rings is 1. The summed E-state index contributed by atoms with van der Waals surface area (Å²) in [4.78, 5) is 27.8. The van der Waals surface area contributed by atoms with Crippen molar-refractivity contribution in [2.45, 2.75) is 96.2 Å². The van der Waals surface area contributed by atoms with Crippen molar-refractivity contribution in [2.75, 3.05) is 25.0 Å². The fraction of sp³-hybridized carbons (Fsp3) is 0.475. The predicted molar refractivity (Wildman–Crippen MR) is 197 cm³/mol. The van der Waals surface area contributed by atoms with Gasteiger partial charge in [0.1, 0.15) is 5.82 Å². The van der Waals surface area contributed by atoms with E-state index in [1.165, 1.54) is 36.8 Å². The van der Waals surface area contributed by atoms with Crippen molar-refractivity contribution in [3.8, 4) is 0 Å². The number of halogens is 1. The molecule has 3 aliphatic rings. The van der Waals surface area contributed by atoms with Gasteiger partial charge >= 0.3 is 0 Å². The third-order valence-corrected chi connectivity index (χ3v) is 11.5. The first-order valence-electron chi connectivity index (χ1n) is 17.8. The average molecular weight is 665 g/mol. The molecule has 2 bridgehead atoms. The van der Waals surface area contributed by atoms with Crippen LogP contribution in [-0.4, -0.2) is 62.9 Å². The highest BCUT2D eigenvalue weighted by molar-refractivity contribution is 6.30. The van der Waals surface area contributed by atoms with Crippen LogP contribution in [0.5, 0.6) is 0 Å². The van der Waals surface area contributed by atoms with E-state index in [9.17, 15) is 4.79 Å². The molecule has 2 unspecified atom stereocenters. The minimum atomic E-state index is -0.563. The SMILES string of the molecule is Cc1nc2ccccc2n1C1CC2CCC(C1)N2CCC1(c2ccccc2)CCN(C(=NC(=O)C(C)(C)C)Nc2ccc(Cl)cc2)CC1. The molecule has 1 N–H and O–H groups in total. The number of aliphatic imine (C=N–C) groups is 1. The number of hydrogen-bond donors (Lipinski definition) is 1. The zero-order valence-corrected chi connectivity index (χ0v) is 29.6. The molecule has 8 heteroatoms. The van der Waals surface area contributed by atoms with Gasteiger partial charge in [0.15, 0.2) is 0 Å². The first kappa shape index (κ1) is 32.8. The molecule has 0 radical (unpaired) electrons. The molecule has 4 aromatic rings. The van der Waals surface area contributed by atoms with E-state index >= 15 is 0 Å². The normalized spacial score (nSPS) is 23.1. The molecule has 48 heavy (non-hydrogen) atoms. The Morgan fingerprint density at radius 3 is 2.23 bits per heavy atom. The second-order valence-corrected chi connectivity index (χ2v) is 15.7. The third kappa shape index (κ3) is 6.64. The van der Waals surface area contributed by atoms with Crippen LogP contribution in [0.3, 0.4) is 0 Å². The van der Waals surface area contributed by atoms with E-state index < -0.39 is 5.41 Å². The number of fused-ring (bicyclic) bond motifs is 3. The number of aromatic nitrogens is 2. The van der Waals surface area contributed by atoms with E-state index in [0.717, 1.165) is 55.9 Å². The fourth-order valence-corrected chi connectivity index (χ4v) is 8.64. The van der Waals surface area contributed by atoms with Crippen molar-refractivity contribution in [2.24, 2.45) is 10.4 Å². The number of guanidine groups is 1. The number of anilines is 1. The van der Waals surface area contributed by atoms with Crippen molar-refractivity contribution in [1.82, 2.24) is 19.4 Å². The van der Waals surface area contributed by atoms with E-state index in [4.69, 9.17) is 16.6 Å².